The molecule has 2 heterocycles. The number of hydrogen-bond donors (Lipinski definition) is 0. The average molecular weight is 358 g/mol. The van der Waals surface area contributed by atoms with Crippen LogP contribution in [0.2, 0.25) is 0 Å². The van der Waals surface area contributed by atoms with Crippen LogP contribution in [0, 0.1) is 17.3 Å². The predicted molar refractivity (Wildman–Crippen MR) is 87.5 cm³/mol. The molecule has 3 fully saturated rings. The fourth-order valence-electron chi connectivity index (χ4n) is 4.24. The first-order chi connectivity index (χ1) is 11.3. The van der Waals surface area contributed by atoms with E-state index in [0.29, 0.717) is 39.0 Å². The van der Waals surface area contributed by atoms with Crippen LogP contribution in [0.4, 0.5) is 0 Å². The third-order valence-corrected chi connectivity index (χ3v) is 7.32. The molecule has 24 heavy (non-hydrogen) atoms. The van der Waals surface area contributed by atoms with Gasteiger partial charge in [0.05, 0.1) is 19.3 Å². The number of amides is 1. The molecular formula is C16H26N2O5S. The maximum atomic E-state index is 12.7. The van der Waals surface area contributed by atoms with Crippen molar-refractivity contribution in [3.63, 3.8) is 0 Å². The van der Waals surface area contributed by atoms with Gasteiger partial charge in [0.15, 0.2) is 0 Å². The van der Waals surface area contributed by atoms with Crippen LogP contribution in [-0.2, 0) is 24.3 Å². The average Bonchev–Trinajstić information content (AvgIpc) is 3.27. The van der Waals surface area contributed by atoms with Crippen LogP contribution in [0.25, 0.3) is 0 Å². The summed E-state index contributed by atoms with van der Waals surface area (Å²) < 4.78 is 29.4. The molecule has 1 atom stereocenters. The molecule has 0 bridgehead atoms. The van der Waals surface area contributed by atoms with Crippen LogP contribution in [0.1, 0.15) is 32.1 Å². The van der Waals surface area contributed by atoms with Crippen molar-refractivity contribution in [3.05, 3.63) is 0 Å². The second kappa shape index (κ2) is 6.29. The molecule has 1 saturated carbocycles. The lowest BCUT2D eigenvalue weighted by molar-refractivity contribution is -0.143. The van der Waals surface area contributed by atoms with E-state index in [2.05, 4.69) is 0 Å². The quantitative estimate of drug-likeness (QED) is 0.685. The zero-order chi connectivity index (χ0) is 17.5. The Morgan fingerprint density at radius 3 is 2.17 bits per heavy atom. The van der Waals surface area contributed by atoms with Gasteiger partial charge in [-0.2, -0.15) is 0 Å². The van der Waals surface area contributed by atoms with E-state index >= 15 is 0 Å². The first kappa shape index (κ1) is 17.7. The molecule has 0 unspecified atom stereocenters. The number of piperidine rings is 2. The zero-order valence-electron chi connectivity index (χ0n) is 14.4. The highest BCUT2D eigenvalue weighted by Gasteiger charge is 2.59. The molecule has 0 radical (unpaired) electrons. The number of methoxy groups -OCH3 is 1. The summed E-state index contributed by atoms with van der Waals surface area (Å²) in [6.45, 7) is 2.24. The van der Waals surface area contributed by atoms with E-state index in [-0.39, 0.29) is 29.1 Å². The molecule has 8 heteroatoms. The summed E-state index contributed by atoms with van der Waals surface area (Å²) in [7, 11) is -1.73. The van der Waals surface area contributed by atoms with E-state index in [1.165, 1.54) is 17.7 Å². The van der Waals surface area contributed by atoms with Crippen LogP contribution < -0.4 is 0 Å². The van der Waals surface area contributed by atoms with Crippen LogP contribution in [0.5, 0.6) is 0 Å². The highest BCUT2D eigenvalue weighted by atomic mass is 32.2. The highest BCUT2D eigenvalue weighted by molar-refractivity contribution is 7.88. The summed E-state index contributed by atoms with van der Waals surface area (Å²) in [4.78, 5) is 26.2. The molecule has 0 N–H and O–H groups in total. The maximum Gasteiger partial charge on any atom is 0.309 e. The first-order valence-electron chi connectivity index (χ1n) is 8.58. The molecule has 2 aliphatic heterocycles. The van der Waals surface area contributed by atoms with E-state index in [1.807, 2.05) is 4.90 Å². The van der Waals surface area contributed by atoms with Crippen LogP contribution >= 0.6 is 0 Å². The van der Waals surface area contributed by atoms with Gasteiger partial charge in [-0.05, 0) is 37.5 Å². The summed E-state index contributed by atoms with van der Waals surface area (Å²) in [5, 5.41) is 0. The van der Waals surface area contributed by atoms with Crippen molar-refractivity contribution < 1.29 is 22.7 Å². The summed E-state index contributed by atoms with van der Waals surface area (Å²) >= 11 is 0. The number of hydrogen-bond acceptors (Lipinski definition) is 5. The molecule has 3 aliphatic rings. The molecule has 0 aromatic rings. The third-order valence-electron chi connectivity index (χ3n) is 6.02. The van der Waals surface area contributed by atoms with Crippen LogP contribution in [-0.4, -0.2) is 69.0 Å². The number of ether oxygens (including phenoxy) is 1. The van der Waals surface area contributed by atoms with Gasteiger partial charge < -0.3 is 9.64 Å². The van der Waals surface area contributed by atoms with Gasteiger partial charge in [0.2, 0.25) is 15.9 Å². The van der Waals surface area contributed by atoms with Gasteiger partial charge in [-0.3, -0.25) is 9.59 Å². The number of nitrogens with zero attached hydrogens (tertiary/aromatic N) is 2. The Hall–Kier alpha value is -1.15. The van der Waals surface area contributed by atoms with Crippen LogP contribution in [0.15, 0.2) is 0 Å². The topological polar surface area (TPSA) is 84.0 Å². The molecule has 136 valence electrons. The van der Waals surface area contributed by atoms with Crippen molar-refractivity contribution in [2.24, 2.45) is 17.3 Å². The Morgan fingerprint density at radius 1 is 1.08 bits per heavy atom. The molecular weight excluding hydrogens is 332 g/mol. The molecule has 0 aromatic heterocycles. The van der Waals surface area contributed by atoms with E-state index in [0.717, 1.165) is 19.3 Å². The summed E-state index contributed by atoms with van der Waals surface area (Å²) in [6, 6.07) is 0. The minimum Gasteiger partial charge on any atom is -0.469 e. The summed E-state index contributed by atoms with van der Waals surface area (Å²) in [5.41, 5.74) is 0.0591. The van der Waals surface area contributed by atoms with E-state index in [9.17, 15) is 18.0 Å². The molecule has 1 amide bonds. The number of likely N-dealkylation sites (tertiary alicyclic amines) is 1. The Labute approximate surface area is 143 Å². The lowest BCUT2D eigenvalue weighted by atomic mass is 9.89. The number of carbonyl (C=O) groups is 2. The number of carbonyl (C=O) groups excluding carboxylic acids is 2. The first-order valence-corrected chi connectivity index (χ1v) is 10.4. The van der Waals surface area contributed by atoms with Crippen molar-refractivity contribution in [2.45, 2.75) is 32.1 Å². The molecule has 0 aromatic carbocycles. The van der Waals surface area contributed by atoms with Gasteiger partial charge in [-0.15, -0.1) is 0 Å². The molecule has 1 spiro atoms. The largest absolute Gasteiger partial charge is 0.469 e. The fraction of sp³-hybridized carbons (Fsp3) is 0.875. The zero-order valence-corrected chi connectivity index (χ0v) is 15.2. The van der Waals surface area contributed by atoms with E-state index in [4.69, 9.17) is 4.74 Å². The Morgan fingerprint density at radius 2 is 1.67 bits per heavy atom. The SMILES string of the molecule is COC(=O)[C@@H]1CC12CCN(C(=O)C1CCN(S(C)(=O)=O)CC1)CC2. The maximum absolute atomic E-state index is 12.7. The van der Waals surface area contributed by atoms with Gasteiger partial charge in [0.25, 0.3) is 0 Å². The van der Waals surface area contributed by atoms with Gasteiger partial charge in [-0.25, -0.2) is 12.7 Å². The van der Waals surface area contributed by atoms with Gasteiger partial charge in [0, 0.05) is 32.1 Å². The predicted octanol–water partition coefficient (Wildman–Crippen LogP) is 0.460. The van der Waals surface area contributed by atoms with E-state index < -0.39 is 10.0 Å². The van der Waals surface area contributed by atoms with Gasteiger partial charge in [0.1, 0.15) is 0 Å². The minimum absolute atomic E-state index is 0.0118. The highest BCUT2D eigenvalue weighted by Crippen LogP contribution is 2.59. The van der Waals surface area contributed by atoms with Crippen molar-refractivity contribution in [1.82, 2.24) is 9.21 Å². The van der Waals surface area contributed by atoms with E-state index in [1.54, 1.807) is 0 Å². The Bertz CT molecular complexity index is 616. The monoisotopic (exact) mass is 358 g/mol. The smallest absolute Gasteiger partial charge is 0.309 e. The number of sulfonamides is 1. The number of rotatable bonds is 3. The molecule has 1 aliphatic carbocycles. The number of esters is 1. The fourth-order valence-corrected chi connectivity index (χ4v) is 5.11. The molecule has 7 nitrogen and oxygen atoms in total. The second-order valence-electron chi connectivity index (χ2n) is 7.40. The van der Waals surface area contributed by atoms with Crippen molar-refractivity contribution in [3.8, 4) is 0 Å². The van der Waals surface area contributed by atoms with Gasteiger partial charge in [-0.1, -0.05) is 0 Å². The van der Waals surface area contributed by atoms with Crippen LogP contribution in [0.3, 0.4) is 0 Å². The normalized spacial score (nSPS) is 27.9. The van der Waals surface area contributed by atoms with Crippen molar-refractivity contribution >= 4 is 21.9 Å². The van der Waals surface area contributed by atoms with Crippen molar-refractivity contribution in [1.29, 1.82) is 0 Å². The third kappa shape index (κ3) is 3.31. The Kier molecular flexibility index (Phi) is 4.63. The second-order valence-corrected chi connectivity index (χ2v) is 9.39. The minimum atomic E-state index is -3.16. The Balaban J connectivity index is 1.49. The molecule has 2 saturated heterocycles. The standard InChI is InChI=1S/C16H26N2O5S/c1-23-15(20)13-11-16(13)5-9-17(10-6-16)14(19)12-3-7-18(8-4-12)24(2,21)22/h12-13H,3-11H2,1-2H3/t13-/m0/s1. The lowest BCUT2D eigenvalue weighted by Crippen LogP contribution is -2.47. The van der Waals surface area contributed by atoms with Crippen molar-refractivity contribution in [2.75, 3.05) is 39.5 Å². The summed E-state index contributed by atoms with van der Waals surface area (Å²) in [6.07, 6.45) is 5.01. The van der Waals surface area contributed by atoms with Gasteiger partial charge >= 0.3 is 5.97 Å². The summed E-state index contributed by atoms with van der Waals surface area (Å²) in [5.74, 6) is -0.0402. The lowest BCUT2D eigenvalue weighted by Gasteiger charge is -2.37. The molecule has 3 rings (SSSR count).